The Morgan fingerprint density at radius 1 is 1.14 bits per heavy atom. The third-order valence-corrected chi connectivity index (χ3v) is 6.86. The predicted molar refractivity (Wildman–Crippen MR) is 162 cm³/mol. The van der Waals surface area contributed by atoms with Gasteiger partial charge in [0.05, 0.1) is 6.10 Å². The number of carbonyl (C=O) groups is 3. The first kappa shape index (κ1) is 33.1. The molecule has 0 aliphatic carbocycles. The van der Waals surface area contributed by atoms with Gasteiger partial charge in [0.1, 0.15) is 24.2 Å². The van der Waals surface area contributed by atoms with E-state index in [0.717, 1.165) is 5.57 Å². The number of benzene rings is 1. The second-order valence-corrected chi connectivity index (χ2v) is 11.1. The second kappa shape index (κ2) is 15.7. The molecule has 10 nitrogen and oxygen atoms in total. The van der Waals surface area contributed by atoms with E-state index in [9.17, 15) is 24.6 Å². The van der Waals surface area contributed by atoms with Crippen LogP contribution in [0.1, 0.15) is 56.1 Å². The first-order chi connectivity index (χ1) is 20.4. The first-order valence-corrected chi connectivity index (χ1v) is 14.3. The number of carbonyl (C=O) groups excluding carboxylic acids is 3. The van der Waals surface area contributed by atoms with Gasteiger partial charge < -0.3 is 30.0 Å². The van der Waals surface area contributed by atoms with Crippen LogP contribution in [-0.4, -0.2) is 57.8 Å². The van der Waals surface area contributed by atoms with Gasteiger partial charge in [-0.05, 0) is 43.0 Å². The molecule has 0 radical (unpaired) electrons. The molecular weight excluding hydrogens is 550 g/mol. The Morgan fingerprint density at radius 3 is 2.56 bits per heavy atom. The summed E-state index contributed by atoms with van der Waals surface area (Å²) in [5.41, 5.74) is 2.14. The fourth-order valence-corrected chi connectivity index (χ4v) is 4.67. The van der Waals surface area contributed by atoms with Gasteiger partial charge in [-0.15, -0.1) is 0 Å². The zero-order valence-corrected chi connectivity index (χ0v) is 25.1. The third kappa shape index (κ3) is 10.7. The maximum absolute atomic E-state index is 13.5. The SMILES string of the molecule is C=C1Cc2nc(co2)C(=O)N[C@H](Cc2ccc(O)cc2)C(=O)O[C@H](C(C)C)[C@H](C)/C=C/C(=O)NC/C=C/C(C)=C/[C@@H](O)C1. The number of aromatic hydroxyl groups is 1. The number of nitrogens with one attached hydrogen (secondary N) is 2. The van der Waals surface area contributed by atoms with E-state index in [0.29, 0.717) is 17.7 Å². The van der Waals surface area contributed by atoms with Crippen molar-refractivity contribution in [3.63, 3.8) is 0 Å². The molecule has 4 atom stereocenters. The standard InChI is InChI=1S/C33H41N3O7/c1-20(2)31-23(5)8-13-29(39)34-14-6-7-21(3)15-26(38)16-22(4)17-30-35-28(19-42-30)32(40)36-27(33(41)43-31)18-24-9-11-25(37)12-10-24/h6-13,15,19-20,23,26-27,31,37-38H,4,14,16-18H2,1-3,5H3,(H,34,39)(H,36,40)/b7-6+,13-8+,21-15+/t23-,26-,27-,31-/m1/s1. The molecule has 1 aliphatic heterocycles. The number of esters is 1. The van der Waals surface area contributed by atoms with Gasteiger partial charge in [0.25, 0.3) is 5.91 Å². The predicted octanol–water partition coefficient (Wildman–Crippen LogP) is 3.96. The van der Waals surface area contributed by atoms with Crippen LogP contribution in [0.2, 0.25) is 0 Å². The van der Waals surface area contributed by atoms with Gasteiger partial charge in [-0.25, -0.2) is 9.78 Å². The number of aliphatic hydroxyl groups excluding tert-OH is 1. The van der Waals surface area contributed by atoms with Crippen molar-refractivity contribution in [3.05, 3.63) is 95.8 Å². The molecule has 0 saturated carbocycles. The minimum Gasteiger partial charge on any atom is -0.508 e. The quantitative estimate of drug-likeness (QED) is 0.309. The highest BCUT2D eigenvalue weighted by Crippen LogP contribution is 2.21. The number of aliphatic hydroxyl groups is 1. The van der Waals surface area contributed by atoms with Crippen LogP contribution in [0.4, 0.5) is 0 Å². The molecule has 2 bridgehead atoms. The molecule has 10 heteroatoms. The number of phenolic OH excluding ortho intramolecular Hbond substituents is 1. The molecule has 0 spiro atoms. The highest BCUT2D eigenvalue weighted by molar-refractivity contribution is 5.95. The fraction of sp³-hybridized carbons (Fsp3) is 0.394. The van der Waals surface area contributed by atoms with Crippen LogP contribution in [0.25, 0.3) is 0 Å². The van der Waals surface area contributed by atoms with Crippen LogP contribution in [0.15, 0.2) is 83.1 Å². The zero-order valence-electron chi connectivity index (χ0n) is 25.1. The summed E-state index contributed by atoms with van der Waals surface area (Å²) in [6.07, 6.45) is 8.76. The van der Waals surface area contributed by atoms with Crippen molar-refractivity contribution >= 4 is 17.8 Å². The van der Waals surface area contributed by atoms with E-state index in [1.54, 1.807) is 36.4 Å². The minimum atomic E-state index is -1.08. The summed E-state index contributed by atoms with van der Waals surface area (Å²) in [5, 5.41) is 25.6. The largest absolute Gasteiger partial charge is 0.508 e. The number of oxazole rings is 1. The third-order valence-electron chi connectivity index (χ3n) is 6.86. The number of hydrogen-bond donors (Lipinski definition) is 4. The number of hydrogen-bond acceptors (Lipinski definition) is 8. The van der Waals surface area contributed by atoms with Gasteiger partial charge in [-0.2, -0.15) is 0 Å². The molecule has 1 aliphatic rings. The van der Waals surface area contributed by atoms with E-state index in [-0.39, 0.29) is 54.3 Å². The lowest BCUT2D eigenvalue weighted by Gasteiger charge is -2.28. The zero-order chi connectivity index (χ0) is 31.5. The lowest BCUT2D eigenvalue weighted by molar-refractivity contribution is -0.155. The van der Waals surface area contributed by atoms with Crippen LogP contribution >= 0.6 is 0 Å². The number of ether oxygens (including phenoxy) is 1. The average molecular weight is 592 g/mol. The molecule has 0 unspecified atom stereocenters. The average Bonchev–Trinajstić information content (AvgIpc) is 3.41. The Morgan fingerprint density at radius 2 is 1.86 bits per heavy atom. The lowest BCUT2D eigenvalue weighted by Crippen LogP contribution is -2.46. The maximum atomic E-state index is 13.5. The highest BCUT2D eigenvalue weighted by atomic mass is 16.5. The smallest absolute Gasteiger partial charge is 0.329 e. The van der Waals surface area contributed by atoms with Crippen molar-refractivity contribution in [1.29, 1.82) is 0 Å². The van der Waals surface area contributed by atoms with Crippen LogP contribution in [0.5, 0.6) is 5.75 Å². The number of amides is 2. The van der Waals surface area contributed by atoms with Gasteiger partial charge in [0, 0.05) is 25.3 Å². The molecule has 2 heterocycles. The second-order valence-electron chi connectivity index (χ2n) is 11.1. The van der Waals surface area contributed by atoms with Crippen molar-refractivity contribution in [2.75, 3.05) is 6.54 Å². The Labute approximate surface area is 252 Å². The van der Waals surface area contributed by atoms with E-state index in [2.05, 4.69) is 22.2 Å². The number of cyclic esters (lactones) is 1. The van der Waals surface area contributed by atoms with E-state index >= 15 is 0 Å². The molecule has 1 aromatic carbocycles. The van der Waals surface area contributed by atoms with Crippen LogP contribution in [-0.2, 0) is 27.2 Å². The van der Waals surface area contributed by atoms with Crippen molar-refractivity contribution in [3.8, 4) is 5.75 Å². The monoisotopic (exact) mass is 591 g/mol. The summed E-state index contributed by atoms with van der Waals surface area (Å²) in [6.45, 7) is 11.8. The molecule has 2 aromatic rings. The summed E-state index contributed by atoms with van der Waals surface area (Å²) >= 11 is 0. The van der Waals surface area contributed by atoms with E-state index in [1.807, 2.05) is 27.7 Å². The van der Waals surface area contributed by atoms with Crippen LogP contribution < -0.4 is 10.6 Å². The number of phenols is 1. The van der Waals surface area contributed by atoms with Crippen molar-refractivity contribution in [2.24, 2.45) is 11.8 Å². The van der Waals surface area contributed by atoms with E-state index in [4.69, 9.17) is 9.15 Å². The normalized spacial score (nSPS) is 26.0. The van der Waals surface area contributed by atoms with Gasteiger partial charge >= 0.3 is 5.97 Å². The summed E-state index contributed by atoms with van der Waals surface area (Å²) in [6, 6.07) is 5.23. The van der Waals surface area contributed by atoms with E-state index in [1.165, 1.54) is 24.5 Å². The van der Waals surface area contributed by atoms with Gasteiger partial charge in [-0.1, -0.05) is 74.9 Å². The van der Waals surface area contributed by atoms with E-state index < -0.39 is 30.1 Å². The van der Waals surface area contributed by atoms with Crippen molar-refractivity contribution in [2.45, 2.75) is 65.2 Å². The van der Waals surface area contributed by atoms with Crippen LogP contribution in [0.3, 0.4) is 0 Å². The number of aromatic nitrogens is 1. The Bertz CT molecular complexity index is 1370. The molecule has 1 aromatic heterocycles. The minimum absolute atomic E-state index is 0.0196. The fourth-order valence-electron chi connectivity index (χ4n) is 4.67. The Kier molecular flexibility index (Phi) is 12.1. The lowest BCUT2D eigenvalue weighted by atomic mass is 9.94. The van der Waals surface area contributed by atoms with Crippen molar-refractivity contribution < 1.29 is 33.8 Å². The molecule has 43 heavy (non-hydrogen) atoms. The number of rotatable bonds is 3. The summed E-state index contributed by atoms with van der Waals surface area (Å²) in [7, 11) is 0. The first-order valence-electron chi connectivity index (χ1n) is 14.3. The molecule has 4 N–H and O–H groups in total. The summed E-state index contributed by atoms with van der Waals surface area (Å²) in [5.74, 6) is -1.66. The number of fused-ring (bicyclic) bond motifs is 2. The number of nitrogens with zero attached hydrogens (tertiary/aromatic N) is 1. The Hall–Kier alpha value is -4.44. The summed E-state index contributed by atoms with van der Waals surface area (Å²) < 4.78 is 11.4. The maximum Gasteiger partial charge on any atom is 0.329 e. The molecule has 230 valence electrons. The van der Waals surface area contributed by atoms with Gasteiger partial charge in [0.15, 0.2) is 11.6 Å². The van der Waals surface area contributed by atoms with Gasteiger partial charge in [0.2, 0.25) is 5.91 Å². The van der Waals surface area contributed by atoms with Crippen molar-refractivity contribution in [1.82, 2.24) is 15.6 Å². The van der Waals surface area contributed by atoms with Gasteiger partial charge in [-0.3, -0.25) is 9.59 Å². The molecule has 2 amide bonds. The topological polar surface area (TPSA) is 151 Å². The highest BCUT2D eigenvalue weighted by Gasteiger charge is 2.30. The molecule has 0 fully saturated rings. The Balaban J connectivity index is 1.91. The van der Waals surface area contributed by atoms with Crippen LogP contribution in [0, 0.1) is 11.8 Å². The molecule has 0 saturated heterocycles. The summed E-state index contributed by atoms with van der Waals surface area (Å²) in [4.78, 5) is 43.4. The number of allylic oxidation sites excluding steroid dienone is 2. The molecule has 3 rings (SSSR count). The molecular formula is C33H41N3O7.